The molecular formula is C17H23NO3. The first-order valence-electron chi connectivity index (χ1n) is 7.04. The van der Waals surface area contributed by atoms with Gasteiger partial charge >= 0.3 is 5.97 Å². The first-order chi connectivity index (χ1) is 9.93. The van der Waals surface area contributed by atoms with Crippen LogP contribution in [0.25, 0.3) is 0 Å². The van der Waals surface area contributed by atoms with Crippen molar-refractivity contribution in [1.29, 1.82) is 0 Å². The summed E-state index contributed by atoms with van der Waals surface area (Å²) in [5, 5.41) is 2.71. The molecule has 0 aliphatic carbocycles. The number of benzene rings is 1. The lowest BCUT2D eigenvalue weighted by Gasteiger charge is -2.18. The molecule has 0 aliphatic heterocycles. The Kier molecular flexibility index (Phi) is 6.66. The van der Waals surface area contributed by atoms with Gasteiger partial charge in [0.25, 0.3) is 0 Å². The highest BCUT2D eigenvalue weighted by Gasteiger charge is 2.23. The van der Waals surface area contributed by atoms with Crippen LogP contribution in [-0.4, -0.2) is 25.0 Å². The molecule has 0 aliphatic rings. The maximum absolute atomic E-state index is 12.1. The van der Waals surface area contributed by atoms with Crippen LogP contribution in [0, 0.1) is 5.92 Å². The van der Waals surface area contributed by atoms with E-state index in [2.05, 4.69) is 11.9 Å². The van der Waals surface area contributed by atoms with Gasteiger partial charge in [0, 0.05) is 12.0 Å². The highest BCUT2D eigenvalue weighted by atomic mass is 16.5. The summed E-state index contributed by atoms with van der Waals surface area (Å²) in [6.07, 6.45) is 0.999. The number of esters is 1. The van der Waals surface area contributed by atoms with Gasteiger partial charge < -0.3 is 10.1 Å². The van der Waals surface area contributed by atoms with Crippen LogP contribution in [0.4, 0.5) is 0 Å². The maximum atomic E-state index is 12.1. The average Bonchev–Trinajstić information content (AvgIpc) is 2.46. The summed E-state index contributed by atoms with van der Waals surface area (Å²) in [6.45, 7) is 7.80. The van der Waals surface area contributed by atoms with Gasteiger partial charge in [-0.2, -0.15) is 0 Å². The van der Waals surface area contributed by atoms with Gasteiger partial charge in [-0.3, -0.25) is 4.79 Å². The lowest BCUT2D eigenvalue weighted by Crippen LogP contribution is -2.43. The number of methoxy groups -OCH3 is 1. The van der Waals surface area contributed by atoms with Gasteiger partial charge in [-0.25, -0.2) is 4.79 Å². The molecule has 1 N–H and O–H groups in total. The van der Waals surface area contributed by atoms with Crippen LogP contribution in [-0.2, 0) is 20.7 Å². The number of ether oxygens (including phenoxy) is 1. The van der Waals surface area contributed by atoms with E-state index >= 15 is 0 Å². The molecule has 1 unspecified atom stereocenters. The molecule has 0 saturated carbocycles. The minimum Gasteiger partial charge on any atom is -0.467 e. The molecule has 4 nitrogen and oxygen atoms in total. The lowest BCUT2D eigenvalue weighted by atomic mass is 10.0. The average molecular weight is 289 g/mol. The zero-order chi connectivity index (χ0) is 15.8. The minimum atomic E-state index is -0.700. The van der Waals surface area contributed by atoms with Crippen molar-refractivity contribution in [2.24, 2.45) is 5.92 Å². The Morgan fingerprint density at radius 3 is 2.38 bits per heavy atom. The van der Waals surface area contributed by atoms with E-state index in [4.69, 9.17) is 4.74 Å². The fourth-order valence-electron chi connectivity index (χ4n) is 2.03. The van der Waals surface area contributed by atoms with Crippen molar-refractivity contribution in [3.63, 3.8) is 0 Å². The van der Waals surface area contributed by atoms with Crippen molar-refractivity contribution >= 4 is 11.9 Å². The van der Waals surface area contributed by atoms with Crippen LogP contribution >= 0.6 is 0 Å². The predicted molar refractivity (Wildman–Crippen MR) is 82.7 cm³/mol. The normalized spacial score (nSPS) is 11.8. The van der Waals surface area contributed by atoms with Gasteiger partial charge in [-0.1, -0.05) is 50.8 Å². The highest BCUT2D eigenvalue weighted by molar-refractivity contribution is 5.95. The molecule has 1 aromatic rings. The molecule has 0 heterocycles. The molecule has 0 saturated heterocycles. The van der Waals surface area contributed by atoms with Crippen molar-refractivity contribution in [1.82, 2.24) is 5.32 Å². The van der Waals surface area contributed by atoms with E-state index in [1.165, 1.54) is 7.11 Å². The van der Waals surface area contributed by atoms with Crippen LogP contribution in [0.5, 0.6) is 0 Å². The van der Waals surface area contributed by atoms with E-state index in [0.717, 1.165) is 5.56 Å². The molecular weight excluding hydrogens is 266 g/mol. The number of amides is 1. The second-order valence-corrected chi connectivity index (χ2v) is 5.44. The van der Waals surface area contributed by atoms with Crippen molar-refractivity contribution in [3.8, 4) is 0 Å². The quantitative estimate of drug-likeness (QED) is 0.620. The summed E-state index contributed by atoms with van der Waals surface area (Å²) >= 11 is 0. The topological polar surface area (TPSA) is 55.4 Å². The minimum absolute atomic E-state index is 0.296. The molecule has 0 spiro atoms. The summed E-state index contributed by atoms with van der Waals surface area (Å²) in [6, 6.07) is 8.80. The Morgan fingerprint density at radius 1 is 1.24 bits per heavy atom. The second-order valence-electron chi connectivity index (χ2n) is 5.44. The monoisotopic (exact) mass is 289 g/mol. The Balaban J connectivity index is 2.73. The van der Waals surface area contributed by atoms with E-state index in [-0.39, 0.29) is 5.91 Å². The number of nitrogens with one attached hydrogen (secondary N) is 1. The zero-order valence-corrected chi connectivity index (χ0v) is 12.9. The summed E-state index contributed by atoms with van der Waals surface area (Å²) in [5.74, 6) is -0.409. The molecule has 4 heteroatoms. The van der Waals surface area contributed by atoms with Crippen molar-refractivity contribution in [3.05, 3.63) is 48.0 Å². The molecule has 1 amide bonds. The van der Waals surface area contributed by atoms with Gasteiger partial charge in [0.1, 0.15) is 6.04 Å². The fraction of sp³-hybridized carbons (Fsp3) is 0.412. The summed E-state index contributed by atoms with van der Waals surface area (Å²) < 4.78 is 4.76. The third-order valence-electron chi connectivity index (χ3n) is 3.05. The third-order valence-corrected chi connectivity index (χ3v) is 3.05. The van der Waals surface area contributed by atoms with Crippen molar-refractivity contribution in [2.45, 2.75) is 32.7 Å². The number of carbonyl (C=O) groups excluding carboxylic acids is 2. The van der Waals surface area contributed by atoms with Gasteiger partial charge in [-0.15, -0.1) is 0 Å². The molecule has 0 radical (unpaired) electrons. The summed E-state index contributed by atoms with van der Waals surface area (Å²) in [4.78, 5) is 23.9. The second kappa shape index (κ2) is 8.25. The van der Waals surface area contributed by atoms with Gasteiger partial charge in [0.2, 0.25) is 5.91 Å². The van der Waals surface area contributed by atoms with Crippen molar-refractivity contribution < 1.29 is 14.3 Å². The first-order valence-corrected chi connectivity index (χ1v) is 7.04. The third kappa shape index (κ3) is 5.81. The van der Waals surface area contributed by atoms with E-state index in [1.54, 1.807) is 0 Å². The Labute approximate surface area is 126 Å². The molecule has 21 heavy (non-hydrogen) atoms. The van der Waals surface area contributed by atoms with E-state index in [1.807, 2.05) is 44.2 Å². The molecule has 0 aromatic heterocycles. The van der Waals surface area contributed by atoms with Crippen molar-refractivity contribution in [2.75, 3.05) is 7.11 Å². The van der Waals surface area contributed by atoms with Gasteiger partial charge in [0.05, 0.1) is 7.11 Å². The highest BCUT2D eigenvalue weighted by Crippen LogP contribution is 2.10. The molecule has 1 aromatic carbocycles. The van der Waals surface area contributed by atoms with Crippen LogP contribution in [0.3, 0.4) is 0 Å². The largest absolute Gasteiger partial charge is 0.467 e. The lowest BCUT2D eigenvalue weighted by molar-refractivity contribution is -0.144. The molecule has 0 bridgehead atoms. The van der Waals surface area contributed by atoms with Crippen LogP contribution < -0.4 is 5.32 Å². The van der Waals surface area contributed by atoms with Crippen LogP contribution in [0.15, 0.2) is 42.5 Å². The Morgan fingerprint density at radius 2 is 1.86 bits per heavy atom. The molecule has 0 fully saturated rings. The fourth-order valence-corrected chi connectivity index (χ4v) is 2.03. The number of hydrogen-bond donors (Lipinski definition) is 1. The van der Waals surface area contributed by atoms with Crippen LogP contribution in [0.2, 0.25) is 0 Å². The Hall–Kier alpha value is -2.10. The molecule has 114 valence electrons. The smallest absolute Gasteiger partial charge is 0.328 e. The van der Waals surface area contributed by atoms with E-state index in [0.29, 0.717) is 24.3 Å². The summed E-state index contributed by atoms with van der Waals surface area (Å²) in [7, 11) is 1.31. The Bertz CT molecular complexity index is 494. The van der Waals surface area contributed by atoms with Crippen LogP contribution in [0.1, 0.15) is 25.8 Å². The maximum Gasteiger partial charge on any atom is 0.328 e. The van der Waals surface area contributed by atoms with E-state index in [9.17, 15) is 9.59 Å². The molecule has 1 rings (SSSR count). The number of hydrogen-bond acceptors (Lipinski definition) is 3. The zero-order valence-electron chi connectivity index (χ0n) is 12.9. The van der Waals surface area contributed by atoms with E-state index < -0.39 is 12.0 Å². The first kappa shape index (κ1) is 17.0. The number of carbonyl (C=O) groups is 2. The summed E-state index contributed by atoms with van der Waals surface area (Å²) in [5.41, 5.74) is 1.44. The SMILES string of the molecule is C=C(CC(C)C)C(=O)NC(Cc1ccccc1)C(=O)OC. The predicted octanol–water partition coefficient (Wildman–Crippen LogP) is 2.49. The standard InChI is InChI=1S/C17H23NO3/c1-12(2)10-13(3)16(19)18-15(17(20)21-4)11-14-8-6-5-7-9-14/h5-9,12,15H,3,10-11H2,1-2,4H3,(H,18,19). The molecule has 1 atom stereocenters. The van der Waals surface area contributed by atoms with Gasteiger partial charge in [0.15, 0.2) is 0 Å². The number of rotatable bonds is 7. The van der Waals surface area contributed by atoms with Gasteiger partial charge in [-0.05, 0) is 17.9 Å².